The quantitative estimate of drug-likeness (QED) is 0.0672. The Kier molecular flexibility index (Phi) is 28.3. The van der Waals surface area contributed by atoms with Crippen LogP contribution in [0.4, 0.5) is 0 Å². The van der Waals surface area contributed by atoms with Crippen LogP contribution in [0, 0.1) is 0 Å². The van der Waals surface area contributed by atoms with Crippen molar-refractivity contribution in [2.45, 2.75) is 181 Å². The molecule has 0 aliphatic rings. The molecule has 0 atom stereocenters. The Bertz CT molecular complexity index is 491. The standard InChI is InChI=1S/C33H62O2/c1-3-5-7-9-11-13-15-16-17-18-19-21-23-25-27-29-31-32(33(34)35)30-28-26-24-22-20-14-12-10-8-6-4-2/h27,29,31H,3-26,28,30H2,1-2H3,(H,34,35). The van der Waals surface area contributed by atoms with E-state index in [-0.39, 0.29) is 0 Å². The minimum Gasteiger partial charge on any atom is -0.478 e. The number of allylic oxidation sites excluding steroid dienone is 3. The number of hydrogen-bond acceptors (Lipinski definition) is 1. The zero-order valence-corrected chi connectivity index (χ0v) is 24.0. The fourth-order valence-corrected chi connectivity index (χ4v) is 4.80. The van der Waals surface area contributed by atoms with Crippen molar-refractivity contribution >= 4 is 5.97 Å². The maximum absolute atomic E-state index is 11.5. The third-order valence-corrected chi connectivity index (χ3v) is 7.23. The van der Waals surface area contributed by atoms with E-state index in [1.165, 1.54) is 141 Å². The molecule has 0 unspecified atom stereocenters. The van der Waals surface area contributed by atoms with Gasteiger partial charge in [-0.1, -0.05) is 173 Å². The Morgan fingerprint density at radius 2 is 0.857 bits per heavy atom. The summed E-state index contributed by atoms with van der Waals surface area (Å²) < 4.78 is 0. The van der Waals surface area contributed by atoms with E-state index in [1.54, 1.807) is 0 Å². The zero-order chi connectivity index (χ0) is 25.7. The van der Waals surface area contributed by atoms with E-state index in [0.717, 1.165) is 19.3 Å². The predicted octanol–water partition coefficient (Wildman–Crippen LogP) is 11.7. The van der Waals surface area contributed by atoms with Crippen molar-refractivity contribution in [3.63, 3.8) is 0 Å². The van der Waals surface area contributed by atoms with Crippen molar-refractivity contribution in [3.8, 4) is 0 Å². The second kappa shape index (κ2) is 29.2. The van der Waals surface area contributed by atoms with Gasteiger partial charge < -0.3 is 5.11 Å². The number of carboxylic acids is 1. The summed E-state index contributed by atoms with van der Waals surface area (Å²) in [7, 11) is 0. The Morgan fingerprint density at radius 1 is 0.514 bits per heavy atom. The summed E-state index contributed by atoms with van der Waals surface area (Å²) >= 11 is 0. The van der Waals surface area contributed by atoms with E-state index in [0.29, 0.717) is 12.0 Å². The smallest absolute Gasteiger partial charge is 0.331 e. The SMILES string of the molecule is CCCCCCCCCCCCCCCC=CC=C(CCCCCCCCCCCCC)C(=O)O. The van der Waals surface area contributed by atoms with Crippen molar-refractivity contribution in [1.29, 1.82) is 0 Å². The lowest BCUT2D eigenvalue weighted by Crippen LogP contribution is -2.00. The molecule has 0 aromatic carbocycles. The summed E-state index contributed by atoms with van der Waals surface area (Å²) in [6.07, 6.45) is 40.0. The first-order valence-electron chi connectivity index (χ1n) is 15.8. The summed E-state index contributed by atoms with van der Waals surface area (Å²) in [5.74, 6) is -0.748. The van der Waals surface area contributed by atoms with Gasteiger partial charge in [0.05, 0.1) is 0 Å². The van der Waals surface area contributed by atoms with Gasteiger partial charge in [-0.2, -0.15) is 0 Å². The van der Waals surface area contributed by atoms with Gasteiger partial charge in [0.15, 0.2) is 0 Å². The number of carboxylic acid groups (broad SMARTS) is 1. The van der Waals surface area contributed by atoms with E-state index < -0.39 is 5.97 Å². The Balaban J connectivity index is 3.57. The first kappa shape index (κ1) is 34.0. The molecule has 2 nitrogen and oxygen atoms in total. The molecule has 0 spiro atoms. The van der Waals surface area contributed by atoms with Crippen LogP contribution in [-0.4, -0.2) is 11.1 Å². The van der Waals surface area contributed by atoms with Crippen molar-refractivity contribution in [3.05, 3.63) is 23.8 Å². The molecule has 0 aromatic rings. The van der Waals surface area contributed by atoms with Gasteiger partial charge in [-0.15, -0.1) is 0 Å². The van der Waals surface area contributed by atoms with E-state index in [2.05, 4.69) is 19.9 Å². The van der Waals surface area contributed by atoms with Crippen molar-refractivity contribution in [1.82, 2.24) is 0 Å². The molecule has 0 bridgehead atoms. The van der Waals surface area contributed by atoms with E-state index in [9.17, 15) is 9.90 Å². The van der Waals surface area contributed by atoms with Crippen molar-refractivity contribution in [2.24, 2.45) is 0 Å². The molecule has 1 N–H and O–H groups in total. The number of aliphatic carboxylic acids is 1. The predicted molar refractivity (Wildman–Crippen MR) is 156 cm³/mol. The Labute approximate surface area is 220 Å². The third kappa shape index (κ3) is 27.4. The van der Waals surface area contributed by atoms with Crippen LogP contribution in [0.5, 0.6) is 0 Å². The van der Waals surface area contributed by atoms with E-state index in [4.69, 9.17) is 0 Å². The first-order chi connectivity index (χ1) is 17.2. The summed E-state index contributed by atoms with van der Waals surface area (Å²) in [5, 5.41) is 9.46. The summed E-state index contributed by atoms with van der Waals surface area (Å²) in [6.45, 7) is 4.55. The number of unbranched alkanes of at least 4 members (excludes halogenated alkanes) is 23. The van der Waals surface area contributed by atoms with Gasteiger partial charge >= 0.3 is 5.97 Å². The average molecular weight is 491 g/mol. The topological polar surface area (TPSA) is 37.3 Å². The number of rotatable bonds is 28. The Morgan fingerprint density at radius 3 is 1.23 bits per heavy atom. The number of carbonyl (C=O) groups is 1. The molecule has 206 valence electrons. The lowest BCUT2D eigenvalue weighted by molar-refractivity contribution is -0.132. The van der Waals surface area contributed by atoms with Crippen LogP contribution in [0.3, 0.4) is 0 Å². The van der Waals surface area contributed by atoms with Crippen LogP contribution < -0.4 is 0 Å². The highest BCUT2D eigenvalue weighted by molar-refractivity contribution is 5.86. The normalized spacial score (nSPS) is 12.1. The molecular formula is C33H62O2. The molecule has 2 heteroatoms. The Hall–Kier alpha value is -1.05. The second-order valence-corrected chi connectivity index (χ2v) is 10.7. The van der Waals surface area contributed by atoms with Gasteiger partial charge in [-0.3, -0.25) is 0 Å². The molecule has 0 rings (SSSR count). The highest BCUT2D eigenvalue weighted by Gasteiger charge is 2.05. The lowest BCUT2D eigenvalue weighted by Gasteiger charge is -2.03. The molecule has 0 fully saturated rings. The molecule has 0 aliphatic carbocycles. The van der Waals surface area contributed by atoms with Crippen LogP contribution in [0.15, 0.2) is 23.8 Å². The van der Waals surface area contributed by atoms with E-state index >= 15 is 0 Å². The molecule has 0 saturated carbocycles. The summed E-state index contributed by atoms with van der Waals surface area (Å²) in [5.41, 5.74) is 0.572. The van der Waals surface area contributed by atoms with Crippen LogP contribution in [-0.2, 0) is 4.79 Å². The van der Waals surface area contributed by atoms with Gasteiger partial charge in [0.25, 0.3) is 0 Å². The van der Waals surface area contributed by atoms with Gasteiger partial charge in [-0.25, -0.2) is 4.79 Å². The minimum absolute atomic E-state index is 0.572. The van der Waals surface area contributed by atoms with Gasteiger partial charge in [0.1, 0.15) is 0 Å². The molecule has 0 saturated heterocycles. The largest absolute Gasteiger partial charge is 0.478 e. The van der Waals surface area contributed by atoms with Gasteiger partial charge in [0, 0.05) is 5.57 Å². The van der Waals surface area contributed by atoms with Crippen molar-refractivity contribution < 1.29 is 9.90 Å². The molecule has 0 aromatic heterocycles. The highest BCUT2D eigenvalue weighted by atomic mass is 16.4. The third-order valence-electron chi connectivity index (χ3n) is 7.23. The molecule has 0 amide bonds. The molecule has 0 radical (unpaired) electrons. The van der Waals surface area contributed by atoms with E-state index in [1.807, 2.05) is 12.2 Å². The van der Waals surface area contributed by atoms with Crippen LogP contribution >= 0.6 is 0 Å². The van der Waals surface area contributed by atoms with Crippen LogP contribution in [0.1, 0.15) is 181 Å². The molecule has 0 heterocycles. The van der Waals surface area contributed by atoms with Crippen LogP contribution in [0.2, 0.25) is 0 Å². The lowest BCUT2D eigenvalue weighted by atomic mass is 10.0. The summed E-state index contributed by atoms with van der Waals surface area (Å²) in [4.78, 5) is 11.5. The highest BCUT2D eigenvalue weighted by Crippen LogP contribution is 2.15. The molecular weight excluding hydrogens is 428 g/mol. The maximum Gasteiger partial charge on any atom is 0.331 e. The second-order valence-electron chi connectivity index (χ2n) is 10.7. The fourth-order valence-electron chi connectivity index (χ4n) is 4.80. The van der Waals surface area contributed by atoms with Crippen LogP contribution in [0.25, 0.3) is 0 Å². The summed E-state index contributed by atoms with van der Waals surface area (Å²) in [6, 6.07) is 0. The zero-order valence-electron chi connectivity index (χ0n) is 24.0. The monoisotopic (exact) mass is 490 g/mol. The van der Waals surface area contributed by atoms with Crippen molar-refractivity contribution in [2.75, 3.05) is 0 Å². The maximum atomic E-state index is 11.5. The fraction of sp³-hybridized carbons (Fsp3) is 0.848. The average Bonchev–Trinajstić information content (AvgIpc) is 2.85. The van der Waals surface area contributed by atoms with Gasteiger partial charge in [0.2, 0.25) is 0 Å². The molecule has 35 heavy (non-hydrogen) atoms. The molecule has 0 aliphatic heterocycles. The van der Waals surface area contributed by atoms with Gasteiger partial charge in [-0.05, 0) is 25.7 Å². The number of hydrogen-bond donors (Lipinski definition) is 1. The first-order valence-corrected chi connectivity index (χ1v) is 15.8. The minimum atomic E-state index is -0.748.